The van der Waals surface area contributed by atoms with Crippen molar-refractivity contribution in [3.63, 3.8) is 0 Å². The van der Waals surface area contributed by atoms with Gasteiger partial charge in [0.1, 0.15) is 5.75 Å². The van der Waals surface area contributed by atoms with E-state index in [4.69, 9.17) is 20.6 Å². The Morgan fingerprint density at radius 1 is 1.30 bits per heavy atom. The summed E-state index contributed by atoms with van der Waals surface area (Å²) in [5.74, 6) is 5.54. The van der Waals surface area contributed by atoms with Gasteiger partial charge in [-0.1, -0.05) is 17.3 Å². The van der Waals surface area contributed by atoms with Crippen LogP contribution in [0.25, 0.3) is 10.2 Å². The molecule has 0 radical (unpaired) electrons. The molecule has 154 valence electrons. The number of carbonyl (C=O) groups is 1. The summed E-state index contributed by atoms with van der Waals surface area (Å²) in [7, 11) is 1.65. The Balaban J connectivity index is 1.43. The van der Waals surface area contributed by atoms with Crippen LogP contribution < -0.4 is 19.0 Å². The highest BCUT2D eigenvalue weighted by atomic mass is 32.2. The van der Waals surface area contributed by atoms with Gasteiger partial charge in [0.15, 0.2) is 16.3 Å². The molecule has 0 atom stereocenters. The van der Waals surface area contributed by atoms with E-state index in [2.05, 4.69) is 10.9 Å². The predicted molar refractivity (Wildman–Crippen MR) is 118 cm³/mol. The number of fused-ring (bicyclic) bond motifs is 2. The van der Waals surface area contributed by atoms with E-state index in [9.17, 15) is 4.79 Å². The number of nitrogens with zero attached hydrogens (tertiary/aromatic N) is 2. The summed E-state index contributed by atoms with van der Waals surface area (Å²) in [6.07, 6.45) is 6.67. The quantitative estimate of drug-likeness (QED) is 0.315. The van der Waals surface area contributed by atoms with E-state index in [-0.39, 0.29) is 12.7 Å². The zero-order chi connectivity index (χ0) is 20.9. The number of methoxy groups -OCH3 is 1. The molecule has 0 spiro atoms. The maximum atomic E-state index is 12.4. The fourth-order valence-electron chi connectivity index (χ4n) is 3.04. The van der Waals surface area contributed by atoms with E-state index >= 15 is 0 Å². The summed E-state index contributed by atoms with van der Waals surface area (Å²) in [6.45, 7) is 0.547. The third-order valence-corrected chi connectivity index (χ3v) is 6.65. The van der Waals surface area contributed by atoms with Crippen molar-refractivity contribution in [3.05, 3.63) is 41.2 Å². The maximum Gasteiger partial charge on any atom is 0.248 e. The molecule has 2 aromatic carbocycles. The van der Waals surface area contributed by atoms with Crippen LogP contribution in [0.4, 0.5) is 0 Å². The van der Waals surface area contributed by atoms with Crippen molar-refractivity contribution in [3.8, 4) is 29.6 Å². The maximum absolute atomic E-state index is 12.4. The topological polar surface area (TPSA) is 62.1 Å². The van der Waals surface area contributed by atoms with Gasteiger partial charge in [-0.2, -0.15) is 4.99 Å². The lowest BCUT2D eigenvalue weighted by atomic mass is 10.3. The number of amides is 1. The molecule has 8 heteroatoms. The van der Waals surface area contributed by atoms with Crippen LogP contribution in [0.5, 0.6) is 17.2 Å². The minimum Gasteiger partial charge on any atom is -0.497 e. The molecule has 0 saturated heterocycles. The second-order valence-corrected chi connectivity index (χ2v) is 8.66. The third-order valence-electron chi connectivity index (χ3n) is 4.51. The number of thioether (sulfide) groups is 1. The average Bonchev–Trinajstić information content (AvgIpc) is 3.34. The largest absolute Gasteiger partial charge is 0.497 e. The summed E-state index contributed by atoms with van der Waals surface area (Å²) in [4.78, 5) is 18.5. The first kappa shape index (κ1) is 20.4. The van der Waals surface area contributed by atoms with Gasteiger partial charge >= 0.3 is 0 Å². The van der Waals surface area contributed by atoms with Crippen molar-refractivity contribution >= 4 is 39.2 Å². The van der Waals surface area contributed by atoms with Crippen LogP contribution in [0, 0.1) is 12.3 Å². The van der Waals surface area contributed by atoms with Gasteiger partial charge in [-0.15, -0.1) is 18.2 Å². The van der Waals surface area contributed by atoms with Gasteiger partial charge in [0.05, 0.1) is 23.9 Å². The first-order valence-electron chi connectivity index (χ1n) is 9.39. The Hall–Kier alpha value is -2.89. The number of carbonyl (C=O) groups excluding carboxylic acids is 1. The molecule has 30 heavy (non-hydrogen) atoms. The number of hydrogen-bond acceptors (Lipinski definition) is 6. The van der Waals surface area contributed by atoms with Gasteiger partial charge in [-0.3, -0.25) is 4.79 Å². The van der Waals surface area contributed by atoms with Crippen molar-refractivity contribution in [1.29, 1.82) is 0 Å². The molecule has 0 fully saturated rings. The SMILES string of the molecule is C#CCn1c(=NC(=O)CCCSc2ccc(OC)cc2)sc2cc3c(cc21)OCO3. The van der Waals surface area contributed by atoms with Gasteiger partial charge in [0.2, 0.25) is 12.7 Å². The Morgan fingerprint density at radius 3 is 2.80 bits per heavy atom. The van der Waals surface area contributed by atoms with Gasteiger partial charge < -0.3 is 18.8 Å². The molecule has 1 aromatic heterocycles. The lowest BCUT2D eigenvalue weighted by molar-refractivity contribution is -0.118. The summed E-state index contributed by atoms with van der Waals surface area (Å²) in [6, 6.07) is 11.7. The third kappa shape index (κ3) is 4.48. The average molecular weight is 441 g/mol. The highest BCUT2D eigenvalue weighted by molar-refractivity contribution is 7.99. The number of ether oxygens (including phenoxy) is 3. The van der Waals surface area contributed by atoms with Crippen molar-refractivity contribution in [2.24, 2.45) is 4.99 Å². The van der Waals surface area contributed by atoms with Crippen LogP contribution in [-0.4, -0.2) is 30.1 Å². The van der Waals surface area contributed by atoms with Crippen molar-refractivity contribution in [2.45, 2.75) is 24.3 Å². The molecule has 0 bridgehead atoms. The Bertz CT molecular complexity index is 1170. The molecule has 4 rings (SSSR count). The highest BCUT2D eigenvalue weighted by Crippen LogP contribution is 2.37. The van der Waals surface area contributed by atoms with E-state index < -0.39 is 0 Å². The number of rotatable bonds is 7. The molecule has 2 heterocycles. The standard InChI is InChI=1S/C22H20N2O4S2/c1-3-10-24-17-12-18-19(28-14-27-18)13-20(17)30-22(24)23-21(25)5-4-11-29-16-8-6-15(26-2)7-9-16/h1,6-9,12-13H,4-5,10-11,14H2,2H3. The van der Waals surface area contributed by atoms with E-state index in [1.165, 1.54) is 11.3 Å². The zero-order valence-electron chi connectivity index (χ0n) is 16.4. The second-order valence-electron chi connectivity index (χ2n) is 6.48. The molecule has 1 amide bonds. The molecule has 1 aliphatic rings. The Morgan fingerprint density at radius 2 is 2.07 bits per heavy atom. The van der Waals surface area contributed by atoms with E-state index in [0.717, 1.165) is 33.0 Å². The van der Waals surface area contributed by atoms with Crippen molar-refractivity contribution in [2.75, 3.05) is 19.7 Å². The molecular formula is C22H20N2O4S2. The van der Waals surface area contributed by atoms with Gasteiger partial charge in [-0.25, -0.2) is 0 Å². The zero-order valence-corrected chi connectivity index (χ0v) is 18.1. The molecule has 3 aromatic rings. The second kappa shape index (κ2) is 9.28. The lowest BCUT2D eigenvalue weighted by Crippen LogP contribution is -2.16. The number of thiazole rings is 1. The molecule has 0 saturated carbocycles. The smallest absolute Gasteiger partial charge is 0.248 e. The van der Waals surface area contributed by atoms with Crippen LogP contribution in [0.3, 0.4) is 0 Å². The van der Waals surface area contributed by atoms with Crippen LogP contribution in [0.15, 0.2) is 46.3 Å². The highest BCUT2D eigenvalue weighted by Gasteiger charge is 2.17. The summed E-state index contributed by atoms with van der Waals surface area (Å²) < 4.78 is 18.9. The van der Waals surface area contributed by atoms with E-state index in [1.807, 2.05) is 41.0 Å². The number of aromatic nitrogens is 1. The van der Waals surface area contributed by atoms with Crippen molar-refractivity contribution in [1.82, 2.24) is 4.57 Å². The molecule has 1 aliphatic heterocycles. The Kier molecular flexibility index (Phi) is 6.31. The number of benzene rings is 2. The van der Waals surface area contributed by atoms with Gasteiger partial charge in [0, 0.05) is 23.4 Å². The molecular weight excluding hydrogens is 420 g/mol. The van der Waals surface area contributed by atoms with Crippen LogP contribution in [-0.2, 0) is 11.3 Å². The van der Waals surface area contributed by atoms with Crippen LogP contribution in [0.2, 0.25) is 0 Å². The van der Waals surface area contributed by atoms with E-state index in [1.54, 1.807) is 18.9 Å². The van der Waals surface area contributed by atoms with Crippen LogP contribution in [0.1, 0.15) is 12.8 Å². The minimum atomic E-state index is -0.150. The summed E-state index contributed by atoms with van der Waals surface area (Å²) >= 11 is 3.13. The normalized spacial score (nSPS) is 12.9. The summed E-state index contributed by atoms with van der Waals surface area (Å²) in [5, 5.41) is 0. The molecule has 6 nitrogen and oxygen atoms in total. The number of hydrogen-bond donors (Lipinski definition) is 0. The first-order chi connectivity index (χ1) is 14.7. The summed E-state index contributed by atoms with van der Waals surface area (Å²) in [5.41, 5.74) is 0.892. The van der Waals surface area contributed by atoms with E-state index in [0.29, 0.717) is 29.3 Å². The Labute approximate surface area is 182 Å². The van der Waals surface area contributed by atoms with Crippen LogP contribution >= 0.6 is 23.1 Å². The monoisotopic (exact) mass is 440 g/mol. The fourth-order valence-corrected chi connectivity index (χ4v) is 4.95. The molecule has 0 N–H and O–H groups in total. The van der Waals surface area contributed by atoms with Gasteiger partial charge in [0.25, 0.3) is 0 Å². The van der Waals surface area contributed by atoms with Gasteiger partial charge in [-0.05, 0) is 36.4 Å². The minimum absolute atomic E-state index is 0.150. The predicted octanol–water partition coefficient (Wildman–Crippen LogP) is 4.07. The lowest BCUT2D eigenvalue weighted by Gasteiger charge is -2.03. The number of terminal acetylenes is 1. The van der Waals surface area contributed by atoms with Crippen molar-refractivity contribution < 1.29 is 19.0 Å². The fraction of sp³-hybridized carbons (Fsp3) is 0.273. The first-order valence-corrected chi connectivity index (χ1v) is 11.2. The molecule has 0 aliphatic carbocycles. The molecule has 0 unspecified atom stereocenters.